The van der Waals surface area contributed by atoms with Crippen molar-refractivity contribution in [3.05, 3.63) is 58.6 Å². The third-order valence-electron chi connectivity index (χ3n) is 4.18. The fraction of sp³-hybridized carbons (Fsp3) is 0.190. The van der Waals surface area contributed by atoms with Crippen LogP contribution in [0.25, 0.3) is 0 Å². The molecule has 156 valence electrons. The number of amides is 2. The van der Waals surface area contributed by atoms with Crippen LogP contribution in [0.2, 0.25) is 0 Å². The second-order valence-electron chi connectivity index (χ2n) is 6.25. The van der Waals surface area contributed by atoms with E-state index in [1.165, 1.54) is 21.3 Å². The molecule has 0 spiro atoms. The van der Waals surface area contributed by atoms with E-state index in [0.717, 1.165) is 16.9 Å². The van der Waals surface area contributed by atoms with E-state index in [1.54, 1.807) is 29.6 Å². The molecule has 3 rings (SSSR count). The Labute approximate surface area is 177 Å². The number of benzene rings is 2. The van der Waals surface area contributed by atoms with Crippen LogP contribution in [-0.4, -0.2) is 38.1 Å². The first kappa shape index (κ1) is 21.1. The van der Waals surface area contributed by atoms with Gasteiger partial charge in [0.1, 0.15) is 22.9 Å². The average Bonchev–Trinajstić information content (AvgIpc) is 3.23. The first-order valence-electron chi connectivity index (χ1n) is 8.89. The number of anilines is 2. The van der Waals surface area contributed by atoms with Crippen molar-refractivity contribution in [2.24, 2.45) is 0 Å². The van der Waals surface area contributed by atoms with Crippen LogP contribution in [0.4, 0.5) is 10.8 Å². The fourth-order valence-corrected chi connectivity index (χ4v) is 3.32. The average molecular weight is 427 g/mol. The van der Waals surface area contributed by atoms with Gasteiger partial charge in [-0.25, -0.2) is 4.98 Å². The molecule has 0 aliphatic carbocycles. The smallest absolute Gasteiger partial charge is 0.275 e. The highest BCUT2D eigenvalue weighted by molar-refractivity contribution is 7.14. The zero-order valence-corrected chi connectivity index (χ0v) is 17.8. The van der Waals surface area contributed by atoms with Crippen LogP contribution in [-0.2, 0) is 0 Å². The molecule has 1 heterocycles. The number of nitrogens with one attached hydrogen (secondary N) is 2. The second-order valence-corrected chi connectivity index (χ2v) is 7.11. The van der Waals surface area contributed by atoms with Gasteiger partial charge < -0.3 is 19.5 Å². The van der Waals surface area contributed by atoms with Crippen molar-refractivity contribution < 1.29 is 23.8 Å². The van der Waals surface area contributed by atoms with Gasteiger partial charge in [-0.2, -0.15) is 0 Å². The van der Waals surface area contributed by atoms with Crippen molar-refractivity contribution in [2.75, 3.05) is 32.0 Å². The van der Waals surface area contributed by atoms with Crippen molar-refractivity contribution in [2.45, 2.75) is 6.92 Å². The van der Waals surface area contributed by atoms with Gasteiger partial charge in [-0.05, 0) is 36.8 Å². The number of carbonyl (C=O) groups excluding carboxylic acids is 2. The number of hydrogen-bond acceptors (Lipinski definition) is 7. The third kappa shape index (κ3) is 4.87. The third-order valence-corrected chi connectivity index (χ3v) is 4.93. The van der Waals surface area contributed by atoms with Crippen LogP contribution < -0.4 is 24.8 Å². The molecule has 0 radical (unpaired) electrons. The van der Waals surface area contributed by atoms with Crippen LogP contribution in [0.1, 0.15) is 26.4 Å². The van der Waals surface area contributed by atoms with Crippen molar-refractivity contribution in [1.82, 2.24) is 4.98 Å². The van der Waals surface area contributed by atoms with Crippen molar-refractivity contribution in [1.29, 1.82) is 0 Å². The number of thiazole rings is 1. The molecule has 1 aromatic heterocycles. The van der Waals surface area contributed by atoms with E-state index in [2.05, 4.69) is 15.6 Å². The minimum Gasteiger partial charge on any atom is -0.497 e. The molecule has 2 amide bonds. The molecule has 8 nitrogen and oxygen atoms in total. The lowest BCUT2D eigenvalue weighted by molar-refractivity contribution is 0.101. The van der Waals surface area contributed by atoms with E-state index >= 15 is 0 Å². The number of nitrogens with zero attached hydrogens (tertiary/aromatic N) is 1. The number of aryl methyl sites for hydroxylation is 1. The van der Waals surface area contributed by atoms with Gasteiger partial charge in [-0.3, -0.25) is 14.9 Å². The summed E-state index contributed by atoms with van der Waals surface area (Å²) in [4.78, 5) is 29.3. The minimum atomic E-state index is -0.406. The molecule has 2 aromatic carbocycles. The van der Waals surface area contributed by atoms with Crippen LogP contribution in [0.15, 0.2) is 41.8 Å². The predicted molar refractivity (Wildman–Crippen MR) is 115 cm³/mol. The highest BCUT2D eigenvalue weighted by Crippen LogP contribution is 2.27. The lowest BCUT2D eigenvalue weighted by Gasteiger charge is -2.10. The van der Waals surface area contributed by atoms with E-state index in [1.807, 2.05) is 19.1 Å². The topological polar surface area (TPSA) is 98.8 Å². The molecular weight excluding hydrogens is 406 g/mol. The van der Waals surface area contributed by atoms with E-state index in [0.29, 0.717) is 33.6 Å². The highest BCUT2D eigenvalue weighted by Gasteiger charge is 2.16. The van der Waals surface area contributed by atoms with Gasteiger partial charge in [0.2, 0.25) is 0 Å². The van der Waals surface area contributed by atoms with Gasteiger partial charge >= 0.3 is 0 Å². The van der Waals surface area contributed by atoms with Gasteiger partial charge in [-0.15, -0.1) is 11.3 Å². The zero-order chi connectivity index (χ0) is 21.7. The number of ether oxygens (including phenoxy) is 3. The number of carbonyl (C=O) groups is 2. The molecule has 0 aliphatic rings. The molecular formula is C21H21N3O5S. The van der Waals surface area contributed by atoms with Gasteiger partial charge in [0.15, 0.2) is 5.13 Å². The van der Waals surface area contributed by atoms with Crippen LogP contribution >= 0.6 is 11.3 Å². The molecule has 0 fully saturated rings. The van der Waals surface area contributed by atoms with E-state index in [-0.39, 0.29) is 5.69 Å². The van der Waals surface area contributed by atoms with Crippen molar-refractivity contribution in [3.63, 3.8) is 0 Å². The Morgan fingerprint density at radius 3 is 2.23 bits per heavy atom. The summed E-state index contributed by atoms with van der Waals surface area (Å²) in [6.45, 7) is 1.93. The second kappa shape index (κ2) is 9.27. The molecule has 0 saturated carbocycles. The van der Waals surface area contributed by atoms with Gasteiger partial charge in [0, 0.05) is 17.0 Å². The highest BCUT2D eigenvalue weighted by atomic mass is 32.1. The Kier molecular flexibility index (Phi) is 6.53. The Hall–Kier alpha value is -3.59. The fourth-order valence-electron chi connectivity index (χ4n) is 2.63. The van der Waals surface area contributed by atoms with Gasteiger partial charge in [0.05, 0.1) is 27.0 Å². The lowest BCUT2D eigenvalue weighted by atomic mass is 10.2. The number of rotatable bonds is 7. The van der Waals surface area contributed by atoms with Crippen LogP contribution in [0.5, 0.6) is 17.2 Å². The van der Waals surface area contributed by atoms with Crippen LogP contribution in [0, 0.1) is 6.92 Å². The van der Waals surface area contributed by atoms with Gasteiger partial charge in [0.25, 0.3) is 11.8 Å². The number of hydrogen-bond donors (Lipinski definition) is 2. The maximum atomic E-state index is 12.6. The Morgan fingerprint density at radius 2 is 1.60 bits per heavy atom. The molecule has 0 atom stereocenters. The van der Waals surface area contributed by atoms with Crippen LogP contribution in [0.3, 0.4) is 0 Å². The van der Waals surface area contributed by atoms with E-state index in [9.17, 15) is 9.59 Å². The predicted octanol–water partition coefficient (Wildman–Crippen LogP) is 3.98. The Balaban J connectivity index is 1.72. The zero-order valence-electron chi connectivity index (χ0n) is 16.9. The summed E-state index contributed by atoms with van der Waals surface area (Å²) in [7, 11) is 4.55. The summed E-state index contributed by atoms with van der Waals surface area (Å²) in [5.41, 5.74) is 2.07. The summed E-state index contributed by atoms with van der Waals surface area (Å²) in [6.07, 6.45) is 0. The van der Waals surface area contributed by atoms with E-state index in [4.69, 9.17) is 14.2 Å². The van der Waals surface area contributed by atoms with E-state index < -0.39 is 11.8 Å². The summed E-state index contributed by atoms with van der Waals surface area (Å²) < 4.78 is 15.7. The Morgan fingerprint density at radius 1 is 0.900 bits per heavy atom. The summed E-state index contributed by atoms with van der Waals surface area (Å²) in [5, 5.41) is 7.31. The Bertz CT molecular complexity index is 1060. The molecule has 3 aromatic rings. The molecule has 0 unspecified atom stereocenters. The normalized spacial score (nSPS) is 10.3. The molecule has 0 saturated heterocycles. The first-order valence-corrected chi connectivity index (χ1v) is 9.77. The maximum absolute atomic E-state index is 12.6. The molecule has 0 aliphatic heterocycles. The standard InChI is InChI=1S/C21H21N3O5S/c1-12-5-6-16(18(7-12)29-4)22-20(26)17-11-30-21(23-17)24-19(25)13-8-14(27-2)10-15(9-13)28-3/h5-11H,1-4H3,(H,22,26)(H,23,24,25). The monoisotopic (exact) mass is 427 g/mol. The number of methoxy groups -OCH3 is 3. The van der Waals surface area contributed by atoms with Crippen molar-refractivity contribution in [3.8, 4) is 17.2 Å². The summed E-state index contributed by atoms with van der Waals surface area (Å²) in [6, 6.07) is 10.3. The lowest BCUT2D eigenvalue weighted by Crippen LogP contribution is -2.15. The molecule has 9 heteroatoms. The largest absolute Gasteiger partial charge is 0.497 e. The molecule has 2 N–H and O–H groups in total. The molecule has 30 heavy (non-hydrogen) atoms. The summed E-state index contributed by atoms with van der Waals surface area (Å²) in [5.74, 6) is 0.737. The maximum Gasteiger partial charge on any atom is 0.275 e. The molecule has 0 bridgehead atoms. The quantitative estimate of drug-likeness (QED) is 0.592. The number of aromatic nitrogens is 1. The van der Waals surface area contributed by atoms with Crippen molar-refractivity contribution >= 4 is 34.0 Å². The SMILES string of the molecule is COc1cc(OC)cc(C(=O)Nc2nc(C(=O)Nc3ccc(C)cc3OC)cs2)c1. The minimum absolute atomic E-state index is 0.182. The van der Waals surface area contributed by atoms with Gasteiger partial charge in [-0.1, -0.05) is 6.07 Å². The first-order chi connectivity index (χ1) is 14.4. The summed E-state index contributed by atoms with van der Waals surface area (Å²) >= 11 is 1.15.